The van der Waals surface area contributed by atoms with Gasteiger partial charge in [0.25, 0.3) is 0 Å². The van der Waals surface area contributed by atoms with Crippen molar-refractivity contribution in [1.82, 2.24) is 5.32 Å². The molecule has 0 aromatic heterocycles. The zero-order chi connectivity index (χ0) is 22.2. The van der Waals surface area contributed by atoms with Crippen molar-refractivity contribution in [1.29, 1.82) is 5.26 Å². The molecule has 1 N–H and O–H groups in total. The minimum atomic E-state index is 0.152. The highest BCUT2D eigenvalue weighted by atomic mass is 16.1. The number of nitrogens with zero attached hydrogens (tertiary/aromatic N) is 3. The summed E-state index contributed by atoms with van der Waals surface area (Å²) in [5.41, 5.74) is 4.35. The molecule has 5 nitrogen and oxygen atoms in total. The van der Waals surface area contributed by atoms with Gasteiger partial charge in [-0.3, -0.25) is 4.79 Å². The van der Waals surface area contributed by atoms with Crippen LogP contribution in [0.3, 0.4) is 0 Å². The third-order valence-electron chi connectivity index (χ3n) is 6.90. The summed E-state index contributed by atoms with van der Waals surface area (Å²) in [4.78, 5) is 17.2. The second-order valence-electron chi connectivity index (χ2n) is 9.12. The van der Waals surface area contributed by atoms with Crippen LogP contribution in [-0.2, 0) is 11.3 Å². The van der Waals surface area contributed by atoms with Crippen LogP contribution in [-0.4, -0.2) is 32.1 Å². The molecule has 2 saturated heterocycles. The second kappa shape index (κ2) is 11.0. The highest BCUT2D eigenvalue weighted by Gasteiger charge is 2.20. The molecule has 0 bridgehead atoms. The van der Waals surface area contributed by atoms with Crippen LogP contribution in [0.4, 0.5) is 11.4 Å². The summed E-state index contributed by atoms with van der Waals surface area (Å²) < 4.78 is 0. The highest BCUT2D eigenvalue weighted by Crippen LogP contribution is 2.26. The van der Waals surface area contributed by atoms with Crippen molar-refractivity contribution in [3.05, 3.63) is 59.7 Å². The lowest BCUT2D eigenvalue weighted by molar-refractivity contribution is -0.121. The van der Waals surface area contributed by atoms with Gasteiger partial charge in [0.15, 0.2) is 0 Å². The Balaban J connectivity index is 1.14. The Kier molecular flexibility index (Phi) is 7.66. The molecule has 5 heteroatoms. The van der Waals surface area contributed by atoms with E-state index in [1.165, 1.54) is 30.6 Å². The van der Waals surface area contributed by atoms with Crippen LogP contribution in [0.2, 0.25) is 0 Å². The number of hydrogen-bond acceptors (Lipinski definition) is 4. The third-order valence-corrected chi connectivity index (χ3v) is 6.90. The smallest absolute Gasteiger partial charge is 0.220 e. The Bertz CT molecular complexity index is 902. The molecule has 0 atom stereocenters. The lowest BCUT2D eigenvalue weighted by Gasteiger charge is -2.33. The number of anilines is 2. The quantitative estimate of drug-likeness (QED) is 0.681. The van der Waals surface area contributed by atoms with E-state index in [0.717, 1.165) is 51.0 Å². The molecule has 32 heavy (non-hydrogen) atoms. The first-order valence-corrected chi connectivity index (χ1v) is 12.1. The molecule has 2 fully saturated rings. The van der Waals surface area contributed by atoms with E-state index in [0.29, 0.717) is 24.4 Å². The fourth-order valence-electron chi connectivity index (χ4n) is 4.83. The van der Waals surface area contributed by atoms with Crippen LogP contribution in [0.5, 0.6) is 0 Å². The Labute approximate surface area is 192 Å². The predicted molar refractivity (Wildman–Crippen MR) is 130 cm³/mol. The molecule has 0 saturated carbocycles. The molecule has 0 unspecified atom stereocenters. The first-order valence-electron chi connectivity index (χ1n) is 12.1. The van der Waals surface area contributed by atoms with Crippen LogP contribution in [0.25, 0.3) is 0 Å². The minimum absolute atomic E-state index is 0.152. The fraction of sp³-hybridized carbons (Fsp3) is 0.481. The molecule has 168 valence electrons. The van der Waals surface area contributed by atoms with Crippen molar-refractivity contribution in [2.45, 2.75) is 51.5 Å². The number of carbonyl (C=O) groups is 1. The summed E-state index contributed by atoms with van der Waals surface area (Å²) in [7, 11) is 0. The second-order valence-corrected chi connectivity index (χ2v) is 9.12. The van der Waals surface area contributed by atoms with E-state index in [4.69, 9.17) is 5.26 Å². The Hall–Kier alpha value is -3.00. The molecule has 2 heterocycles. The number of carbonyl (C=O) groups excluding carboxylic acids is 1. The number of nitrogens with one attached hydrogen (secondary N) is 1. The lowest BCUT2D eigenvalue weighted by atomic mass is 9.91. The first-order chi connectivity index (χ1) is 15.7. The van der Waals surface area contributed by atoms with E-state index in [1.807, 2.05) is 24.3 Å². The molecule has 2 aromatic carbocycles. The van der Waals surface area contributed by atoms with Gasteiger partial charge in [-0.15, -0.1) is 0 Å². The van der Waals surface area contributed by atoms with Crippen molar-refractivity contribution in [3.8, 4) is 6.07 Å². The van der Waals surface area contributed by atoms with Crippen LogP contribution in [0.15, 0.2) is 48.5 Å². The highest BCUT2D eigenvalue weighted by molar-refractivity contribution is 5.75. The van der Waals surface area contributed by atoms with Gasteiger partial charge >= 0.3 is 0 Å². The van der Waals surface area contributed by atoms with Gasteiger partial charge in [-0.2, -0.15) is 5.26 Å². The number of amides is 1. The molecular weight excluding hydrogens is 396 g/mol. The van der Waals surface area contributed by atoms with E-state index >= 15 is 0 Å². The van der Waals surface area contributed by atoms with E-state index < -0.39 is 0 Å². The maximum Gasteiger partial charge on any atom is 0.220 e. The standard InChI is InChI=1S/C27H34N4O/c28-20-23-4-9-26(10-5-23)31-18-14-22(15-19-31)8-13-27(32)29-21-24-6-11-25(12-7-24)30-16-2-1-3-17-30/h4-7,9-12,22H,1-3,8,13-19,21H2,(H,29,32). The average Bonchev–Trinajstić information content (AvgIpc) is 2.87. The molecule has 0 aliphatic carbocycles. The molecule has 0 spiro atoms. The monoisotopic (exact) mass is 430 g/mol. The summed E-state index contributed by atoms with van der Waals surface area (Å²) >= 11 is 0. The number of piperidine rings is 2. The van der Waals surface area contributed by atoms with Crippen LogP contribution < -0.4 is 15.1 Å². The molecule has 2 aromatic rings. The SMILES string of the molecule is N#Cc1ccc(N2CCC(CCC(=O)NCc3ccc(N4CCCCC4)cc3)CC2)cc1. The number of nitriles is 1. The summed E-state index contributed by atoms with van der Waals surface area (Å²) in [5, 5.41) is 12.0. The summed E-state index contributed by atoms with van der Waals surface area (Å²) in [6, 6.07) is 18.7. The van der Waals surface area contributed by atoms with Crippen LogP contribution in [0.1, 0.15) is 56.1 Å². The van der Waals surface area contributed by atoms with Gasteiger partial charge in [0.1, 0.15) is 0 Å². The van der Waals surface area contributed by atoms with Crippen molar-refractivity contribution >= 4 is 17.3 Å². The van der Waals surface area contributed by atoms with E-state index in [9.17, 15) is 4.79 Å². The zero-order valence-electron chi connectivity index (χ0n) is 18.9. The molecule has 1 amide bonds. The van der Waals surface area contributed by atoms with Gasteiger partial charge in [-0.05, 0) is 86.4 Å². The van der Waals surface area contributed by atoms with E-state index in [-0.39, 0.29) is 5.91 Å². The normalized spacial score (nSPS) is 17.1. The van der Waals surface area contributed by atoms with Gasteiger partial charge in [0, 0.05) is 50.5 Å². The maximum atomic E-state index is 12.4. The zero-order valence-corrected chi connectivity index (χ0v) is 18.9. The average molecular weight is 431 g/mol. The van der Waals surface area contributed by atoms with Crippen molar-refractivity contribution in [2.24, 2.45) is 5.92 Å². The minimum Gasteiger partial charge on any atom is -0.372 e. The summed E-state index contributed by atoms with van der Waals surface area (Å²) in [6.45, 7) is 4.95. The van der Waals surface area contributed by atoms with Gasteiger partial charge in [0.2, 0.25) is 5.91 Å². The largest absolute Gasteiger partial charge is 0.372 e. The fourth-order valence-corrected chi connectivity index (χ4v) is 4.83. The van der Waals surface area contributed by atoms with Crippen molar-refractivity contribution < 1.29 is 4.79 Å². The molecule has 0 radical (unpaired) electrons. The van der Waals surface area contributed by atoms with Crippen molar-refractivity contribution in [2.75, 3.05) is 36.0 Å². The number of rotatable bonds is 7. The molecular formula is C27H34N4O. The summed E-state index contributed by atoms with van der Waals surface area (Å²) in [6.07, 6.45) is 7.71. The number of hydrogen-bond donors (Lipinski definition) is 1. The van der Waals surface area contributed by atoms with Crippen LogP contribution >= 0.6 is 0 Å². The molecule has 2 aliphatic rings. The van der Waals surface area contributed by atoms with Crippen LogP contribution in [0, 0.1) is 17.2 Å². The Morgan fingerprint density at radius 2 is 1.47 bits per heavy atom. The topological polar surface area (TPSA) is 59.4 Å². The first kappa shape index (κ1) is 22.2. The van der Waals surface area contributed by atoms with E-state index in [1.54, 1.807) is 0 Å². The summed E-state index contributed by atoms with van der Waals surface area (Å²) in [5.74, 6) is 0.763. The van der Waals surface area contributed by atoms with Gasteiger partial charge in [-0.1, -0.05) is 12.1 Å². The molecule has 4 rings (SSSR count). The van der Waals surface area contributed by atoms with Gasteiger partial charge in [0.05, 0.1) is 11.6 Å². The Morgan fingerprint density at radius 1 is 0.875 bits per heavy atom. The number of benzene rings is 2. The molecule has 2 aliphatic heterocycles. The Morgan fingerprint density at radius 3 is 2.09 bits per heavy atom. The maximum absolute atomic E-state index is 12.4. The van der Waals surface area contributed by atoms with Crippen molar-refractivity contribution in [3.63, 3.8) is 0 Å². The predicted octanol–water partition coefficient (Wildman–Crippen LogP) is 4.86. The van der Waals surface area contributed by atoms with Gasteiger partial charge < -0.3 is 15.1 Å². The third kappa shape index (κ3) is 6.03. The van der Waals surface area contributed by atoms with Gasteiger partial charge in [-0.25, -0.2) is 0 Å². The van der Waals surface area contributed by atoms with E-state index in [2.05, 4.69) is 45.5 Å². The lowest BCUT2D eigenvalue weighted by Crippen LogP contribution is -2.34.